The summed E-state index contributed by atoms with van der Waals surface area (Å²) < 4.78 is 1.14. The molecule has 1 aromatic carbocycles. The molecule has 1 aromatic heterocycles. The second-order valence-electron chi connectivity index (χ2n) is 6.52. The molecule has 0 saturated carbocycles. The van der Waals surface area contributed by atoms with E-state index in [1.807, 2.05) is 25.1 Å². The fourth-order valence-electron chi connectivity index (χ4n) is 3.19. The lowest BCUT2D eigenvalue weighted by molar-refractivity contribution is -0.137. The Morgan fingerprint density at radius 1 is 1.32 bits per heavy atom. The molecule has 1 aliphatic rings. The summed E-state index contributed by atoms with van der Waals surface area (Å²) in [5.74, 6) is -0.924. The molecule has 2 N–H and O–H groups in total. The number of carbonyl (C=O) groups is 2. The van der Waals surface area contributed by atoms with Gasteiger partial charge in [-0.1, -0.05) is 24.3 Å². The number of hydrogen-bond acceptors (Lipinski definition) is 4. The van der Waals surface area contributed by atoms with Crippen molar-refractivity contribution < 1.29 is 14.7 Å². The zero-order valence-corrected chi connectivity index (χ0v) is 15.0. The Kier molecular flexibility index (Phi) is 5.48. The van der Waals surface area contributed by atoms with E-state index in [1.165, 1.54) is 0 Å². The van der Waals surface area contributed by atoms with Crippen molar-refractivity contribution in [2.75, 3.05) is 0 Å². The number of carboxylic acids is 1. The Hall–Kier alpha value is -2.21. The Morgan fingerprint density at radius 3 is 2.84 bits per heavy atom. The third kappa shape index (κ3) is 4.25. The molecular weight excluding hydrogens is 336 g/mol. The molecule has 0 aliphatic heterocycles. The van der Waals surface area contributed by atoms with Gasteiger partial charge >= 0.3 is 5.97 Å². The molecule has 0 saturated heterocycles. The lowest BCUT2D eigenvalue weighted by Crippen LogP contribution is -2.40. The van der Waals surface area contributed by atoms with Gasteiger partial charge in [0.15, 0.2) is 0 Å². The fourth-order valence-corrected chi connectivity index (χ4v) is 4.33. The number of aliphatic carboxylic acids is 1. The van der Waals surface area contributed by atoms with Crippen LogP contribution in [0.1, 0.15) is 43.5 Å². The molecule has 5 nitrogen and oxygen atoms in total. The van der Waals surface area contributed by atoms with Gasteiger partial charge in [0.1, 0.15) is 0 Å². The van der Waals surface area contributed by atoms with Gasteiger partial charge in [0.05, 0.1) is 21.1 Å². The maximum Gasteiger partial charge on any atom is 0.303 e. The van der Waals surface area contributed by atoms with E-state index in [4.69, 9.17) is 10.1 Å². The summed E-state index contributed by atoms with van der Waals surface area (Å²) in [6.07, 6.45) is 6.17. The van der Waals surface area contributed by atoms with E-state index in [2.05, 4.69) is 23.5 Å². The van der Waals surface area contributed by atoms with Gasteiger partial charge in [-0.3, -0.25) is 9.59 Å². The van der Waals surface area contributed by atoms with Crippen LogP contribution >= 0.6 is 11.3 Å². The number of fused-ring (bicyclic) bond motifs is 1. The van der Waals surface area contributed by atoms with Crippen molar-refractivity contribution in [2.24, 2.45) is 5.92 Å². The summed E-state index contributed by atoms with van der Waals surface area (Å²) >= 11 is 1.66. The molecular formula is C19H22N2O3S. The summed E-state index contributed by atoms with van der Waals surface area (Å²) in [5, 5.41) is 12.8. The molecule has 1 aliphatic carbocycles. The zero-order valence-electron chi connectivity index (χ0n) is 14.1. The molecule has 6 heteroatoms. The van der Waals surface area contributed by atoms with E-state index >= 15 is 0 Å². The molecule has 1 heterocycles. The average molecular weight is 358 g/mol. The van der Waals surface area contributed by atoms with Gasteiger partial charge in [0, 0.05) is 18.4 Å². The van der Waals surface area contributed by atoms with Crippen LogP contribution in [0.15, 0.2) is 36.4 Å². The molecule has 0 radical (unpaired) electrons. The van der Waals surface area contributed by atoms with Crippen molar-refractivity contribution in [3.05, 3.63) is 41.4 Å². The number of amides is 1. The van der Waals surface area contributed by atoms with Gasteiger partial charge in [-0.2, -0.15) is 0 Å². The number of hydrogen-bond donors (Lipinski definition) is 2. The lowest BCUT2D eigenvalue weighted by atomic mass is 9.82. The van der Waals surface area contributed by atoms with E-state index in [1.54, 1.807) is 11.3 Å². The van der Waals surface area contributed by atoms with Crippen LogP contribution in [0.4, 0.5) is 0 Å². The van der Waals surface area contributed by atoms with Crippen molar-refractivity contribution >= 4 is 33.4 Å². The van der Waals surface area contributed by atoms with Crippen LogP contribution in [0.2, 0.25) is 0 Å². The highest BCUT2D eigenvalue weighted by atomic mass is 32.1. The van der Waals surface area contributed by atoms with Gasteiger partial charge in [-0.05, 0) is 38.3 Å². The van der Waals surface area contributed by atoms with Crippen molar-refractivity contribution in [2.45, 2.75) is 44.6 Å². The Bertz CT molecular complexity index is 766. The average Bonchev–Trinajstić information content (AvgIpc) is 3.04. The highest BCUT2D eigenvalue weighted by molar-refractivity contribution is 7.18. The third-order valence-electron chi connectivity index (χ3n) is 4.58. The molecule has 0 bridgehead atoms. The minimum absolute atomic E-state index is 0.00788. The summed E-state index contributed by atoms with van der Waals surface area (Å²) in [6, 6.07) is 7.88. The molecule has 0 spiro atoms. The molecule has 132 valence electrons. The molecule has 25 heavy (non-hydrogen) atoms. The van der Waals surface area contributed by atoms with Crippen LogP contribution in [0.3, 0.4) is 0 Å². The van der Waals surface area contributed by atoms with E-state index in [0.717, 1.165) is 21.6 Å². The van der Waals surface area contributed by atoms with E-state index in [9.17, 15) is 9.59 Å². The Morgan fingerprint density at radius 2 is 2.08 bits per heavy atom. The van der Waals surface area contributed by atoms with Crippen LogP contribution < -0.4 is 5.32 Å². The van der Waals surface area contributed by atoms with Gasteiger partial charge in [-0.25, -0.2) is 4.98 Å². The maximum absolute atomic E-state index is 12.7. The first-order valence-corrected chi connectivity index (χ1v) is 9.39. The Labute approximate surface area is 150 Å². The number of carboxylic acid groups (broad SMARTS) is 1. The number of allylic oxidation sites excluding steroid dienone is 2. The second kappa shape index (κ2) is 7.78. The van der Waals surface area contributed by atoms with Crippen molar-refractivity contribution in [3.8, 4) is 0 Å². The number of carbonyl (C=O) groups excluding carboxylic acids is 1. The summed E-state index contributed by atoms with van der Waals surface area (Å²) in [7, 11) is 0. The SMILES string of the molecule is CC(CCC(=O)O)NC(=O)C1CC=CCC1c1nc2ccccc2s1. The van der Waals surface area contributed by atoms with E-state index < -0.39 is 5.97 Å². The molecule has 3 atom stereocenters. The first-order chi connectivity index (χ1) is 12.0. The molecule has 3 rings (SSSR count). The largest absolute Gasteiger partial charge is 0.481 e. The van der Waals surface area contributed by atoms with Gasteiger partial charge in [0.25, 0.3) is 0 Å². The molecule has 1 amide bonds. The quantitative estimate of drug-likeness (QED) is 0.772. The highest BCUT2D eigenvalue weighted by Gasteiger charge is 2.32. The number of thiazole rings is 1. The minimum atomic E-state index is -0.839. The number of para-hydroxylation sites is 1. The second-order valence-corrected chi connectivity index (χ2v) is 7.58. The number of nitrogens with zero attached hydrogens (tertiary/aromatic N) is 1. The first-order valence-electron chi connectivity index (χ1n) is 8.57. The normalized spacial score (nSPS) is 21.2. The van der Waals surface area contributed by atoms with Gasteiger partial charge in [-0.15, -0.1) is 11.3 Å². The number of benzene rings is 1. The smallest absolute Gasteiger partial charge is 0.303 e. The van der Waals surface area contributed by atoms with Gasteiger partial charge < -0.3 is 10.4 Å². The predicted molar refractivity (Wildman–Crippen MR) is 98.7 cm³/mol. The number of aromatic nitrogens is 1. The number of rotatable bonds is 6. The van der Waals surface area contributed by atoms with Crippen LogP contribution in [-0.2, 0) is 9.59 Å². The van der Waals surface area contributed by atoms with E-state index in [0.29, 0.717) is 12.8 Å². The van der Waals surface area contributed by atoms with Gasteiger partial charge in [0.2, 0.25) is 5.91 Å². The van der Waals surface area contributed by atoms with Crippen LogP contribution in [-0.4, -0.2) is 28.0 Å². The van der Waals surface area contributed by atoms with Crippen LogP contribution in [0, 0.1) is 5.92 Å². The maximum atomic E-state index is 12.7. The topological polar surface area (TPSA) is 79.3 Å². The predicted octanol–water partition coefficient (Wildman–Crippen LogP) is 3.72. The van der Waals surface area contributed by atoms with E-state index in [-0.39, 0.29) is 30.2 Å². The van der Waals surface area contributed by atoms with Crippen molar-refractivity contribution in [1.29, 1.82) is 0 Å². The monoisotopic (exact) mass is 358 g/mol. The van der Waals surface area contributed by atoms with Crippen LogP contribution in [0.25, 0.3) is 10.2 Å². The third-order valence-corrected chi connectivity index (χ3v) is 5.74. The van der Waals surface area contributed by atoms with Crippen molar-refractivity contribution in [1.82, 2.24) is 10.3 Å². The standard InChI is InChI=1S/C19H22N2O3S/c1-12(10-11-17(22)23)20-18(24)13-6-2-3-7-14(13)19-21-15-8-4-5-9-16(15)25-19/h2-5,8-9,12-14H,6-7,10-11H2,1H3,(H,20,24)(H,22,23). The molecule has 3 unspecified atom stereocenters. The zero-order chi connectivity index (χ0) is 17.8. The number of nitrogens with one attached hydrogen (secondary N) is 1. The summed E-state index contributed by atoms with van der Waals surface area (Å²) in [5.41, 5.74) is 0.978. The summed E-state index contributed by atoms with van der Waals surface area (Å²) in [6.45, 7) is 1.85. The van der Waals surface area contributed by atoms with Crippen molar-refractivity contribution in [3.63, 3.8) is 0 Å². The Balaban J connectivity index is 1.73. The van der Waals surface area contributed by atoms with Crippen LogP contribution in [0.5, 0.6) is 0 Å². The minimum Gasteiger partial charge on any atom is -0.481 e. The first kappa shape index (κ1) is 17.6. The lowest BCUT2D eigenvalue weighted by Gasteiger charge is -2.27. The summed E-state index contributed by atoms with van der Waals surface area (Å²) in [4.78, 5) is 28.2. The highest BCUT2D eigenvalue weighted by Crippen LogP contribution is 2.38. The molecule has 2 aromatic rings. The fraction of sp³-hybridized carbons (Fsp3) is 0.421. The molecule has 0 fully saturated rings.